The second kappa shape index (κ2) is 4.71. The molecule has 3 rings (SSSR count). The minimum atomic E-state index is -0.342. The summed E-state index contributed by atoms with van der Waals surface area (Å²) in [5.41, 5.74) is 0. The number of carbonyl (C=O) groups is 3. The smallest absolute Gasteiger partial charge is 0.324 e. The number of rotatable bonds is 2. The number of urea groups is 2. The maximum absolute atomic E-state index is 11.9. The molecule has 1 aliphatic carbocycles. The quantitative estimate of drug-likeness (QED) is 0.683. The van der Waals surface area contributed by atoms with E-state index in [-0.39, 0.29) is 30.6 Å². The van der Waals surface area contributed by atoms with Crippen molar-refractivity contribution in [1.82, 2.24) is 20.4 Å². The number of imide groups is 1. The van der Waals surface area contributed by atoms with Crippen molar-refractivity contribution >= 4 is 18.0 Å². The van der Waals surface area contributed by atoms with E-state index >= 15 is 0 Å². The molecule has 0 atom stereocenters. The molecule has 5 amide bonds. The van der Waals surface area contributed by atoms with E-state index in [1.165, 1.54) is 17.7 Å². The first-order valence-corrected chi connectivity index (χ1v) is 6.80. The lowest BCUT2D eigenvalue weighted by molar-refractivity contribution is -0.128. The Labute approximate surface area is 111 Å². The Bertz CT molecular complexity index is 397. The number of likely N-dealkylation sites (tertiary alicyclic amines) is 1. The van der Waals surface area contributed by atoms with Gasteiger partial charge < -0.3 is 15.5 Å². The van der Waals surface area contributed by atoms with Crippen LogP contribution < -0.4 is 10.6 Å². The molecule has 7 heteroatoms. The van der Waals surface area contributed by atoms with Crippen LogP contribution in [-0.2, 0) is 4.79 Å². The summed E-state index contributed by atoms with van der Waals surface area (Å²) in [5.74, 6) is -0.203. The Hall–Kier alpha value is -1.79. The van der Waals surface area contributed by atoms with Crippen molar-refractivity contribution in [2.24, 2.45) is 0 Å². The van der Waals surface area contributed by atoms with Crippen molar-refractivity contribution in [3.8, 4) is 0 Å². The number of nitrogens with one attached hydrogen (secondary N) is 2. The maximum atomic E-state index is 11.9. The normalized spacial score (nSPS) is 24.6. The van der Waals surface area contributed by atoms with Gasteiger partial charge in [-0.3, -0.25) is 9.69 Å². The number of nitrogens with zero attached hydrogens (tertiary/aromatic N) is 2. The van der Waals surface area contributed by atoms with Gasteiger partial charge in [-0.15, -0.1) is 0 Å². The number of hydrogen-bond donors (Lipinski definition) is 2. The maximum Gasteiger partial charge on any atom is 0.324 e. The fourth-order valence-electron chi connectivity index (χ4n) is 2.92. The summed E-state index contributed by atoms with van der Waals surface area (Å²) in [6.45, 7) is 0.957. The molecule has 2 aliphatic heterocycles. The minimum absolute atomic E-state index is 0.0730. The fourth-order valence-corrected chi connectivity index (χ4v) is 2.92. The van der Waals surface area contributed by atoms with E-state index in [9.17, 15) is 14.4 Å². The summed E-state index contributed by atoms with van der Waals surface area (Å²) in [4.78, 5) is 37.8. The largest absolute Gasteiger partial charge is 0.335 e. The van der Waals surface area contributed by atoms with Gasteiger partial charge in [0.2, 0.25) is 5.91 Å². The Morgan fingerprint density at radius 2 is 1.89 bits per heavy atom. The van der Waals surface area contributed by atoms with Crippen LogP contribution in [0.4, 0.5) is 9.59 Å². The van der Waals surface area contributed by atoms with Crippen LogP contribution in [0.25, 0.3) is 0 Å². The molecule has 0 aromatic heterocycles. The van der Waals surface area contributed by atoms with Gasteiger partial charge in [-0.25, -0.2) is 9.59 Å². The van der Waals surface area contributed by atoms with Gasteiger partial charge in [-0.1, -0.05) is 12.8 Å². The molecule has 0 unspecified atom stereocenters. The monoisotopic (exact) mass is 266 g/mol. The summed E-state index contributed by atoms with van der Waals surface area (Å²) in [6.07, 6.45) is 4.46. The van der Waals surface area contributed by atoms with Gasteiger partial charge in [0.25, 0.3) is 0 Å². The van der Waals surface area contributed by atoms with Crippen molar-refractivity contribution in [2.45, 2.75) is 37.8 Å². The van der Waals surface area contributed by atoms with E-state index in [1.54, 1.807) is 4.90 Å². The molecule has 2 N–H and O–H groups in total. The van der Waals surface area contributed by atoms with Crippen molar-refractivity contribution in [3.63, 3.8) is 0 Å². The summed E-state index contributed by atoms with van der Waals surface area (Å²) in [7, 11) is 0. The molecule has 0 aromatic rings. The summed E-state index contributed by atoms with van der Waals surface area (Å²) in [5, 5.41) is 5.49. The molecular weight excluding hydrogens is 248 g/mol. The molecular formula is C12H18N4O3. The Kier molecular flexibility index (Phi) is 3.04. The number of amides is 5. The van der Waals surface area contributed by atoms with E-state index in [0.717, 1.165) is 12.8 Å². The van der Waals surface area contributed by atoms with Crippen LogP contribution in [0.1, 0.15) is 25.7 Å². The number of carbonyl (C=O) groups excluding carboxylic acids is 3. The molecule has 0 spiro atoms. The van der Waals surface area contributed by atoms with Gasteiger partial charge in [0.05, 0.1) is 12.6 Å². The molecule has 2 saturated heterocycles. The summed E-state index contributed by atoms with van der Waals surface area (Å²) < 4.78 is 0. The first-order chi connectivity index (χ1) is 9.15. The second-order valence-corrected chi connectivity index (χ2v) is 5.41. The van der Waals surface area contributed by atoms with E-state index in [2.05, 4.69) is 10.6 Å². The third-order valence-corrected chi connectivity index (χ3v) is 4.08. The highest BCUT2D eigenvalue weighted by Crippen LogP contribution is 2.20. The van der Waals surface area contributed by atoms with Crippen LogP contribution in [0.5, 0.6) is 0 Å². The summed E-state index contributed by atoms with van der Waals surface area (Å²) >= 11 is 0. The van der Waals surface area contributed by atoms with Gasteiger partial charge in [-0.05, 0) is 12.8 Å². The third kappa shape index (κ3) is 2.24. The van der Waals surface area contributed by atoms with E-state index < -0.39 is 0 Å². The first kappa shape index (κ1) is 12.3. The number of hydrogen-bond acceptors (Lipinski definition) is 3. The molecule has 2 heterocycles. The van der Waals surface area contributed by atoms with E-state index in [1.807, 2.05) is 0 Å². The van der Waals surface area contributed by atoms with Gasteiger partial charge in [0.15, 0.2) is 0 Å². The van der Waals surface area contributed by atoms with Crippen LogP contribution in [0.2, 0.25) is 0 Å². The van der Waals surface area contributed by atoms with Gasteiger partial charge in [0, 0.05) is 19.1 Å². The standard InChI is InChI=1S/C12H18N4O3/c17-10-5-13-11(18)16(10)9-6-15(7-9)12(19)14-8-3-1-2-4-8/h8-9H,1-7H2,(H,13,18)(H,14,19). The first-order valence-electron chi connectivity index (χ1n) is 6.80. The highest BCUT2D eigenvalue weighted by Gasteiger charge is 2.43. The van der Waals surface area contributed by atoms with Crippen LogP contribution in [0.15, 0.2) is 0 Å². The van der Waals surface area contributed by atoms with Crippen LogP contribution >= 0.6 is 0 Å². The Morgan fingerprint density at radius 1 is 1.21 bits per heavy atom. The van der Waals surface area contributed by atoms with Gasteiger partial charge in [0.1, 0.15) is 0 Å². The molecule has 3 fully saturated rings. The highest BCUT2D eigenvalue weighted by molar-refractivity contribution is 6.02. The zero-order chi connectivity index (χ0) is 13.4. The minimum Gasteiger partial charge on any atom is -0.335 e. The predicted molar refractivity (Wildman–Crippen MR) is 66.4 cm³/mol. The van der Waals surface area contributed by atoms with Crippen molar-refractivity contribution in [1.29, 1.82) is 0 Å². The third-order valence-electron chi connectivity index (χ3n) is 4.08. The highest BCUT2D eigenvalue weighted by atomic mass is 16.2. The fraction of sp³-hybridized carbons (Fsp3) is 0.750. The van der Waals surface area contributed by atoms with Crippen molar-refractivity contribution < 1.29 is 14.4 Å². The lowest BCUT2D eigenvalue weighted by atomic mass is 10.1. The molecule has 0 aromatic carbocycles. The van der Waals surface area contributed by atoms with Crippen molar-refractivity contribution in [2.75, 3.05) is 19.6 Å². The van der Waals surface area contributed by atoms with Gasteiger partial charge in [-0.2, -0.15) is 0 Å². The van der Waals surface area contributed by atoms with E-state index in [0.29, 0.717) is 19.1 Å². The Balaban J connectivity index is 1.48. The van der Waals surface area contributed by atoms with Crippen LogP contribution in [0, 0.1) is 0 Å². The zero-order valence-corrected chi connectivity index (χ0v) is 10.7. The van der Waals surface area contributed by atoms with Crippen LogP contribution in [0.3, 0.4) is 0 Å². The van der Waals surface area contributed by atoms with E-state index in [4.69, 9.17) is 0 Å². The lowest BCUT2D eigenvalue weighted by Crippen LogP contribution is -2.64. The van der Waals surface area contributed by atoms with Crippen molar-refractivity contribution in [3.05, 3.63) is 0 Å². The molecule has 19 heavy (non-hydrogen) atoms. The van der Waals surface area contributed by atoms with Crippen LogP contribution in [-0.4, -0.2) is 59.5 Å². The zero-order valence-electron chi connectivity index (χ0n) is 10.7. The molecule has 1 saturated carbocycles. The lowest BCUT2D eigenvalue weighted by Gasteiger charge is -2.42. The summed E-state index contributed by atoms with van der Waals surface area (Å²) in [6, 6.07) is -0.284. The topological polar surface area (TPSA) is 81.8 Å². The molecule has 0 bridgehead atoms. The second-order valence-electron chi connectivity index (χ2n) is 5.41. The molecule has 104 valence electrons. The molecule has 3 aliphatic rings. The Morgan fingerprint density at radius 3 is 2.47 bits per heavy atom. The molecule has 7 nitrogen and oxygen atoms in total. The average Bonchev–Trinajstić information content (AvgIpc) is 2.91. The average molecular weight is 266 g/mol. The predicted octanol–water partition coefficient (Wildman–Crippen LogP) is -0.125. The van der Waals surface area contributed by atoms with Gasteiger partial charge >= 0.3 is 12.1 Å². The molecule has 0 radical (unpaired) electrons. The SMILES string of the molecule is O=C(NC1CCCC1)N1CC(N2C(=O)CNC2=O)C1.